The molecule has 0 bridgehead atoms. The van der Waals surface area contributed by atoms with Gasteiger partial charge in [0, 0.05) is 23.1 Å². The molecule has 0 amide bonds. The quantitative estimate of drug-likeness (QED) is 0.505. The summed E-state index contributed by atoms with van der Waals surface area (Å²) in [5, 5.41) is 20.8. The number of nitro groups is 1. The van der Waals surface area contributed by atoms with E-state index in [2.05, 4.69) is 0 Å². The monoisotopic (exact) mass is 448 g/mol. The van der Waals surface area contributed by atoms with E-state index in [1.807, 2.05) is 0 Å². The lowest BCUT2D eigenvalue weighted by atomic mass is 9.79. The van der Waals surface area contributed by atoms with Gasteiger partial charge in [-0.15, -0.1) is 0 Å². The molecule has 1 atom stereocenters. The highest BCUT2D eigenvalue weighted by atomic mass is 35.5. The second kappa shape index (κ2) is 7.38. The zero-order valence-electron chi connectivity index (χ0n) is 14.5. The van der Waals surface area contributed by atoms with Crippen LogP contribution in [0.5, 0.6) is 0 Å². The van der Waals surface area contributed by atoms with Crippen LogP contribution in [-0.4, -0.2) is 35.3 Å². The molecule has 6 nitrogen and oxygen atoms in total. The van der Waals surface area contributed by atoms with E-state index in [-0.39, 0.29) is 27.8 Å². The Hall–Kier alpha value is -2.52. The van der Waals surface area contributed by atoms with Gasteiger partial charge in [-0.25, -0.2) is 4.79 Å². The third-order valence-electron chi connectivity index (χ3n) is 5.00. The van der Waals surface area contributed by atoms with Gasteiger partial charge in [-0.3, -0.25) is 10.1 Å². The van der Waals surface area contributed by atoms with Gasteiger partial charge in [0.1, 0.15) is 16.7 Å². The molecule has 1 aliphatic rings. The third-order valence-corrected chi connectivity index (χ3v) is 5.43. The van der Waals surface area contributed by atoms with Crippen molar-refractivity contribution in [1.82, 2.24) is 0 Å². The van der Waals surface area contributed by atoms with Crippen LogP contribution in [-0.2, 0) is 5.41 Å². The van der Waals surface area contributed by atoms with Crippen molar-refractivity contribution in [3.8, 4) is 0 Å². The van der Waals surface area contributed by atoms with Crippen molar-refractivity contribution >= 4 is 40.5 Å². The van der Waals surface area contributed by atoms with E-state index in [1.54, 1.807) is 0 Å². The van der Waals surface area contributed by atoms with Gasteiger partial charge in [0.25, 0.3) is 0 Å². The molecule has 0 aromatic heterocycles. The molecule has 2 aromatic carbocycles. The smallest absolute Gasteiger partial charge is 0.400 e. The van der Waals surface area contributed by atoms with Crippen molar-refractivity contribution in [3.05, 3.63) is 67.7 Å². The summed E-state index contributed by atoms with van der Waals surface area (Å²) in [6.45, 7) is -0.815. The minimum absolute atomic E-state index is 0.0356. The Labute approximate surface area is 172 Å². The number of halogens is 5. The minimum Gasteiger partial charge on any atom is -0.477 e. The molecule has 1 aliphatic heterocycles. The van der Waals surface area contributed by atoms with Crippen molar-refractivity contribution in [3.63, 3.8) is 0 Å². The van der Waals surface area contributed by atoms with E-state index in [9.17, 15) is 33.2 Å². The maximum Gasteiger partial charge on any atom is 0.400 e. The maximum absolute atomic E-state index is 14.2. The Morgan fingerprint density at radius 2 is 1.83 bits per heavy atom. The van der Waals surface area contributed by atoms with E-state index in [1.165, 1.54) is 35.2 Å². The van der Waals surface area contributed by atoms with E-state index in [0.29, 0.717) is 0 Å². The van der Waals surface area contributed by atoms with Crippen LogP contribution < -0.4 is 4.90 Å². The number of nitrogens with zero attached hydrogens (tertiary/aromatic N) is 2. The van der Waals surface area contributed by atoms with Crippen molar-refractivity contribution in [1.29, 1.82) is 0 Å². The lowest BCUT2D eigenvalue weighted by Crippen LogP contribution is -2.45. The summed E-state index contributed by atoms with van der Waals surface area (Å²) in [7, 11) is 0. The summed E-state index contributed by atoms with van der Waals surface area (Å²) in [6, 6.07) is 7.19. The lowest BCUT2D eigenvalue weighted by molar-refractivity contribution is -0.384. The van der Waals surface area contributed by atoms with Gasteiger partial charge in [0.2, 0.25) is 0 Å². The SMILES string of the molecule is O=C(O)c1cccc(N2CCC(c3cc(Cl)cc(Cl)c3)(C(F)(F)F)C2)c1[N+](=O)[O-]. The summed E-state index contributed by atoms with van der Waals surface area (Å²) >= 11 is 11.8. The van der Waals surface area contributed by atoms with Crippen LogP contribution in [0.1, 0.15) is 22.3 Å². The number of benzene rings is 2. The zero-order valence-corrected chi connectivity index (χ0v) is 16.1. The Kier molecular flexibility index (Phi) is 5.40. The number of nitro benzene ring substituents is 1. The van der Waals surface area contributed by atoms with Crippen molar-refractivity contribution in [2.75, 3.05) is 18.0 Å². The van der Waals surface area contributed by atoms with Crippen LogP contribution in [0.15, 0.2) is 36.4 Å². The van der Waals surface area contributed by atoms with Crippen LogP contribution in [0.2, 0.25) is 10.0 Å². The summed E-state index contributed by atoms with van der Waals surface area (Å²) in [6.07, 6.45) is -5.10. The van der Waals surface area contributed by atoms with Crippen LogP contribution in [0.25, 0.3) is 0 Å². The fourth-order valence-corrected chi connectivity index (χ4v) is 4.15. The molecular weight excluding hydrogens is 436 g/mol. The molecule has 0 saturated carbocycles. The second-order valence-corrected chi connectivity index (χ2v) is 7.52. The average Bonchev–Trinajstić information content (AvgIpc) is 3.06. The second-order valence-electron chi connectivity index (χ2n) is 6.65. The number of alkyl halides is 3. The molecule has 29 heavy (non-hydrogen) atoms. The zero-order chi connectivity index (χ0) is 21.6. The van der Waals surface area contributed by atoms with Crippen molar-refractivity contribution in [2.24, 2.45) is 0 Å². The van der Waals surface area contributed by atoms with E-state index in [0.717, 1.165) is 6.07 Å². The van der Waals surface area contributed by atoms with E-state index < -0.39 is 46.7 Å². The number of aromatic carboxylic acids is 1. The summed E-state index contributed by atoms with van der Waals surface area (Å²) in [5.41, 5.74) is -4.05. The average molecular weight is 449 g/mol. The first-order valence-corrected chi connectivity index (χ1v) is 9.01. The minimum atomic E-state index is -4.70. The molecular formula is C18H13Cl2F3N2O4. The summed E-state index contributed by atoms with van der Waals surface area (Å²) < 4.78 is 42.5. The molecule has 0 radical (unpaired) electrons. The topological polar surface area (TPSA) is 83.7 Å². The molecule has 3 rings (SSSR count). The number of carbonyl (C=O) groups is 1. The van der Waals surface area contributed by atoms with Crippen LogP contribution in [0, 0.1) is 10.1 Å². The molecule has 11 heteroatoms. The molecule has 2 aromatic rings. The summed E-state index contributed by atoms with van der Waals surface area (Å²) in [5.74, 6) is -1.54. The van der Waals surface area contributed by atoms with E-state index >= 15 is 0 Å². The number of anilines is 1. The number of hydrogen-bond acceptors (Lipinski definition) is 4. The Balaban J connectivity index is 2.12. The molecule has 154 valence electrons. The number of rotatable bonds is 4. The normalized spacial score (nSPS) is 19.4. The first-order valence-electron chi connectivity index (χ1n) is 8.25. The van der Waals surface area contributed by atoms with Gasteiger partial charge in [0.15, 0.2) is 0 Å². The molecule has 0 spiro atoms. The van der Waals surface area contributed by atoms with Gasteiger partial charge >= 0.3 is 17.8 Å². The fraction of sp³-hybridized carbons (Fsp3) is 0.278. The molecule has 1 N–H and O–H groups in total. The molecule has 1 fully saturated rings. The number of carboxylic acids is 1. The van der Waals surface area contributed by atoms with Gasteiger partial charge in [-0.05, 0) is 42.3 Å². The number of hydrogen-bond donors (Lipinski definition) is 1. The van der Waals surface area contributed by atoms with Crippen LogP contribution >= 0.6 is 23.2 Å². The van der Waals surface area contributed by atoms with Crippen molar-refractivity contribution in [2.45, 2.75) is 18.0 Å². The predicted octanol–water partition coefficient (Wildman–Crippen LogP) is 5.31. The predicted molar refractivity (Wildman–Crippen MR) is 101 cm³/mol. The first-order chi connectivity index (χ1) is 13.5. The van der Waals surface area contributed by atoms with E-state index in [4.69, 9.17) is 23.2 Å². The fourth-order valence-electron chi connectivity index (χ4n) is 3.63. The third kappa shape index (κ3) is 3.72. The standard InChI is InChI=1S/C18H13Cl2F3N2O4/c19-11-6-10(7-12(20)8-11)17(18(21,22)23)4-5-24(9-17)14-3-1-2-13(16(26)27)15(14)25(28)29/h1-3,6-8H,4-5,9H2,(H,26,27). The maximum atomic E-state index is 14.2. The molecule has 1 unspecified atom stereocenters. The van der Waals surface area contributed by atoms with Gasteiger partial charge < -0.3 is 10.0 Å². The Morgan fingerprint density at radius 3 is 2.34 bits per heavy atom. The van der Waals surface area contributed by atoms with Gasteiger partial charge in [0.05, 0.1) is 4.92 Å². The highest BCUT2D eigenvalue weighted by molar-refractivity contribution is 6.34. The molecule has 1 heterocycles. The first kappa shape index (κ1) is 21.2. The molecule has 1 saturated heterocycles. The number of para-hydroxylation sites is 1. The highest BCUT2D eigenvalue weighted by Gasteiger charge is 2.59. The van der Waals surface area contributed by atoms with Crippen LogP contribution in [0.4, 0.5) is 24.5 Å². The largest absolute Gasteiger partial charge is 0.477 e. The molecule has 0 aliphatic carbocycles. The lowest BCUT2D eigenvalue weighted by Gasteiger charge is -2.33. The van der Waals surface area contributed by atoms with Gasteiger partial charge in [-0.1, -0.05) is 29.3 Å². The van der Waals surface area contributed by atoms with Gasteiger partial charge in [-0.2, -0.15) is 13.2 Å². The Bertz CT molecular complexity index is 979. The Morgan fingerprint density at radius 1 is 1.21 bits per heavy atom. The highest BCUT2D eigenvalue weighted by Crippen LogP contribution is 2.50. The van der Waals surface area contributed by atoms with Crippen LogP contribution in [0.3, 0.4) is 0 Å². The number of carboxylic acid groups (broad SMARTS) is 1. The van der Waals surface area contributed by atoms with Crippen molar-refractivity contribution < 1.29 is 28.0 Å². The summed E-state index contributed by atoms with van der Waals surface area (Å²) in [4.78, 5) is 23.1.